The van der Waals surface area contributed by atoms with Gasteiger partial charge in [-0.1, -0.05) is 26.0 Å². The van der Waals surface area contributed by atoms with Gasteiger partial charge in [-0.15, -0.1) is 0 Å². The van der Waals surface area contributed by atoms with Crippen LogP contribution in [0.2, 0.25) is 0 Å². The van der Waals surface area contributed by atoms with Gasteiger partial charge in [0.05, 0.1) is 5.52 Å². The molecule has 2 aromatic rings. The normalized spacial score (nSPS) is 19.0. The third kappa shape index (κ3) is 4.03. The summed E-state index contributed by atoms with van der Waals surface area (Å²) in [4.78, 5) is 44.9. The number of pyridine rings is 1. The van der Waals surface area contributed by atoms with Gasteiger partial charge in [-0.3, -0.25) is 19.5 Å². The van der Waals surface area contributed by atoms with E-state index in [1.165, 1.54) is 9.21 Å². The van der Waals surface area contributed by atoms with Crippen molar-refractivity contribution in [3.05, 3.63) is 36.0 Å². The molecule has 10 nitrogen and oxygen atoms in total. The Balaban J connectivity index is 1.44. The Morgan fingerprint density at radius 1 is 1.12 bits per heavy atom. The quantitative estimate of drug-likeness (QED) is 0.617. The van der Waals surface area contributed by atoms with Crippen molar-refractivity contribution in [2.45, 2.75) is 44.0 Å². The van der Waals surface area contributed by atoms with Gasteiger partial charge in [-0.05, 0) is 37.5 Å². The number of piperazine rings is 1. The van der Waals surface area contributed by atoms with Crippen molar-refractivity contribution in [1.29, 1.82) is 0 Å². The van der Waals surface area contributed by atoms with E-state index in [0.29, 0.717) is 18.4 Å². The van der Waals surface area contributed by atoms with Gasteiger partial charge in [0.1, 0.15) is 17.0 Å². The van der Waals surface area contributed by atoms with Crippen molar-refractivity contribution in [1.82, 2.24) is 24.4 Å². The van der Waals surface area contributed by atoms with Crippen molar-refractivity contribution >= 4 is 38.8 Å². The lowest BCUT2D eigenvalue weighted by atomic mass is 9.93. The molecule has 2 fully saturated rings. The number of nitrogens with one attached hydrogen (secondary N) is 1. The summed E-state index contributed by atoms with van der Waals surface area (Å²) in [7, 11) is -3.81. The summed E-state index contributed by atoms with van der Waals surface area (Å²) in [6.07, 6.45) is 2.52. The molecule has 182 valence electrons. The minimum absolute atomic E-state index is 0.115. The number of aryl methyl sites for hydroxylation is 1. The van der Waals surface area contributed by atoms with Crippen LogP contribution in [0.5, 0.6) is 0 Å². The zero-order chi connectivity index (χ0) is 24.7. The Labute approximate surface area is 199 Å². The minimum atomic E-state index is -3.81. The molecule has 34 heavy (non-hydrogen) atoms. The summed E-state index contributed by atoms with van der Waals surface area (Å²) in [5.74, 6) is -0.776. The largest absolute Gasteiger partial charge is 0.338 e. The van der Waals surface area contributed by atoms with Gasteiger partial charge in [-0.25, -0.2) is 13.2 Å². The zero-order valence-corrected chi connectivity index (χ0v) is 20.4. The van der Waals surface area contributed by atoms with Crippen LogP contribution < -0.4 is 5.32 Å². The van der Waals surface area contributed by atoms with Gasteiger partial charge in [0.25, 0.3) is 5.91 Å². The van der Waals surface area contributed by atoms with Crippen molar-refractivity contribution < 1.29 is 22.8 Å². The van der Waals surface area contributed by atoms with E-state index in [2.05, 4.69) is 10.3 Å². The van der Waals surface area contributed by atoms with Crippen LogP contribution in [0, 0.1) is 6.92 Å². The standard InChI is InChI=1S/C23H29N5O5S/c1-4-23(5-2)21(30)28(22(31)25-23)15-19(29)26-9-11-27(12-10-26)34(32,33)18-8-6-7-17-13-16(3)14-24-20(17)18/h6-8,13-14H,4-5,9-12,15H2,1-3H3,(H,25,31). The first-order valence-corrected chi connectivity index (χ1v) is 12.8. The van der Waals surface area contributed by atoms with Crippen LogP contribution in [0.4, 0.5) is 4.79 Å². The van der Waals surface area contributed by atoms with E-state index in [1.807, 2.05) is 32.9 Å². The number of carbonyl (C=O) groups is 3. The molecule has 2 aliphatic heterocycles. The number of benzene rings is 1. The lowest BCUT2D eigenvalue weighted by Gasteiger charge is -2.34. The molecule has 1 aromatic heterocycles. The number of imide groups is 1. The average Bonchev–Trinajstić information content (AvgIpc) is 3.08. The van der Waals surface area contributed by atoms with Crippen molar-refractivity contribution in [2.75, 3.05) is 32.7 Å². The Hall–Kier alpha value is -3.05. The lowest BCUT2D eigenvalue weighted by molar-refractivity contribution is -0.139. The minimum Gasteiger partial charge on any atom is -0.338 e. The Bertz CT molecular complexity index is 1250. The van der Waals surface area contributed by atoms with Crippen molar-refractivity contribution in [3.8, 4) is 0 Å². The molecule has 3 heterocycles. The van der Waals surface area contributed by atoms with Crippen molar-refractivity contribution in [2.24, 2.45) is 0 Å². The number of nitrogens with zero attached hydrogens (tertiary/aromatic N) is 4. The Morgan fingerprint density at radius 2 is 1.79 bits per heavy atom. The smallest absolute Gasteiger partial charge is 0.325 e. The second-order valence-corrected chi connectivity index (χ2v) is 10.6. The summed E-state index contributed by atoms with van der Waals surface area (Å²) < 4.78 is 28.0. The lowest BCUT2D eigenvalue weighted by Crippen LogP contribution is -2.53. The van der Waals surface area contributed by atoms with E-state index in [9.17, 15) is 22.8 Å². The van der Waals surface area contributed by atoms with Crippen LogP contribution in [0.15, 0.2) is 35.4 Å². The van der Waals surface area contributed by atoms with E-state index in [0.717, 1.165) is 15.8 Å². The third-order valence-corrected chi connectivity index (χ3v) is 8.70. The van der Waals surface area contributed by atoms with Crippen LogP contribution in [-0.4, -0.2) is 83.6 Å². The fourth-order valence-electron chi connectivity index (χ4n) is 4.55. The van der Waals surface area contributed by atoms with Gasteiger partial charge in [0.2, 0.25) is 15.9 Å². The Morgan fingerprint density at radius 3 is 2.41 bits per heavy atom. The van der Waals surface area contributed by atoms with E-state index < -0.39 is 27.5 Å². The van der Waals surface area contributed by atoms with E-state index in [4.69, 9.17) is 0 Å². The highest BCUT2D eigenvalue weighted by Gasteiger charge is 2.49. The number of rotatable bonds is 6. The summed E-state index contributed by atoms with van der Waals surface area (Å²) in [6, 6.07) is 6.39. The maximum Gasteiger partial charge on any atom is 0.325 e. The molecule has 0 unspecified atom stereocenters. The zero-order valence-electron chi connectivity index (χ0n) is 19.6. The van der Waals surface area contributed by atoms with Gasteiger partial charge in [0.15, 0.2) is 0 Å². The number of carbonyl (C=O) groups excluding carboxylic acids is 3. The first-order valence-electron chi connectivity index (χ1n) is 11.4. The molecule has 4 amide bonds. The molecule has 4 rings (SSSR count). The third-order valence-electron chi connectivity index (χ3n) is 6.77. The van der Waals surface area contributed by atoms with Gasteiger partial charge in [0, 0.05) is 37.8 Å². The number of para-hydroxylation sites is 1. The van der Waals surface area contributed by atoms with Crippen LogP contribution >= 0.6 is 0 Å². The topological polar surface area (TPSA) is 120 Å². The number of urea groups is 1. The summed E-state index contributed by atoms with van der Waals surface area (Å²) in [6.45, 7) is 5.75. The van der Waals surface area contributed by atoms with E-state index in [1.54, 1.807) is 18.3 Å². The molecule has 0 radical (unpaired) electrons. The SMILES string of the molecule is CCC1(CC)NC(=O)N(CC(=O)N2CCN(S(=O)(=O)c3cccc4cc(C)cnc34)CC2)C1=O. The maximum absolute atomic E-state index is 13.3. The molecule has 0 spiro atoms. The summed E-state index contributed by atoms with van der Waals surface area (Å²) >= 11 is 0. The number of hydrogen-bond donors (Lipinski definition) is 1. The van der Waals surface area contributed by atoms with Crippen LogP contribution in [-0.2, 0) is 19.6 Å². The number of amides is 4. The Kier molecular flexibility index (Phi) is 6.34. The summed E-state index contributed by atoms with van der Waals surface area (Å²) in [5.41, 5.74) is 0.393. The predicted molar refractivity (Wildman–Crippen MR) is 125 cm³/mol. The molecule has 0 saturated carbocycles. The average molecular weight is 488 g/mol. The highest BCUT2D eigenvalue weighted by atomic mass is 32.2. The van der Waals surface area contributed by atoms with Gasteiger partial charge in [-0.2, -0.15) is 4.31 Å². The van der Waals surface area contributed by atoms with Crippen LogP contribution in [0.1, 0.15) is 32.3 Å². The molecule has 11 heteroatoms. The fourth-order valence-corrected chi connectivity index (χ4v) is 6.14. The predicted octanol–water partition coefficient (Wildman–Crippen LogP) is 1.49. The van der Waals surface area contributed by atoms with E-state index in [-0.39, 0.29) is 43.5 Å². The molecular formula is C23H29N5O5S. The molecule has 0 aliphatic carbocycles. The summed E-state index contributed by atoms with van der Waals surface area (Å²) in [5, 5.41) is 3.46. The van der Waals surface area contributed by atoms with Crippen LogP contribution in [0.3, 0.4) is 0 Å². The molecule has 1 aromatic carbocycles. The molecule has 2 saturated heterocycles. The first kappa shape index (κ1) is 24.1. The molecular weight excluding hydrogens is 458 g/mol. The second kappa shape index (κ2) is 8.95. The van der Waals surface area contributed by atoms with E-state index >= 15 is 0 Å². The van der Waals surface area contributed by atoms with Gasteiger partial charge >= 0.3 is 6.03 Å². The highest BCUT2D eigenvalue weighted by Crippen LogP contribution is 2.27. The molecule has 0 atom stereocenters. The number of aromatic nitrogens is 1. The molecule has 2 aliphatic rings. The van der Waals surface area contributed by atoms with Crippen LogP contribution in [0.25, 0.3) is 10.9 Å². The highest BCUT2D eigenvalue weighted by molar-refractivity contribution is 7.89. The molecule has 0 bridgehead atoms. The molecule has 1 N–H and O–H groups in total. The number of hydrogen-bond acceptors (Lipinski definition) is 6. The fraction of sp³-hybridized carbons (Fsp3) is 0.478. The van der Waals surface area contributed by atoms with Gasteiger partial charge < -0.3 is 10.2 Å². The first-order chi connectivity index (χ1) is 16.1. The van der Waals surface area contributed by atoms with Crippen molar-refractivity contribution in [3.63, 3.8) is 0 Å². The monoisotopic (exact) mass is 487 g/mol. The number of sulfonamides is 1. The second-order valence-electron chi connectivity index (χ2n) is 8.74. The maximum atomic E-state index is 13.3. The number of fused-ring (bicyclic) bond motifs is 1.